The van der Waals surface area contributed by atoms with E-state index in [0.29, 0.717) is 28.9 Å². The Morgan fingerprint density at radius 3 is 2.88 bits per heavy atom. The lowest BCUT2D eigenvalue weighted by molar-refractivity contribution is -0.188. The van der Waals surface area contributed by atoms with Crippen LogP contribution in [0.3, 0.4) is 0 Å². The predicted molar refractivity (Wildman–Crippen MR) is 94.9 cm³/mol. The fraction of sp³-hybridized carbons (Fsp3) is 0.818. The van der Waals surface area contributed by atoms with E-state index in [1.807, 2.05) is 6.08 Å². The molecule has 25 heavy (non-hydrogen) atoms. The Kier molecular flexibility index (Phi) is 2.56. The zero-order valence-corrected chi connectivity index (χ0v) is 15.4. The lowest BCUT2D eigenvalue weighted by Crippen LogP contribution is -2.60. The lowest BCUT2D eigenvalue weighted by atomic mass is 9.46. The summed E-state index contributed by atoms with van der Waals surface area (Å²) < 4.78 is 5.77. The Labute approximate surface area is 150 Å². The Bertz CT molecular complexity index is 712. The normalized spacial score (nSPS) is 63.3. The molecular weight excluding hydrogens is 312 g/mol. The van der Waals surface area contributed by atoms with Crippen LogP contribution in [0.25, 0.3) is 0 Å². The van der Waals surface area contributed by atoms with Crippen LogP contribution in [0.1, 0.15) is 51.9 Å². The SMILES string of the molecule is COC1C=C(O)C2C3C4CCC56CCCC5C=CCC(C4)(C12O)C36C. The van der Waals surface area contributed by atoms with Gasteiger partial charge in [0, 0.05) is 12.5 Å². The van der Waals surface area contributed by atoms with Crippen LogP contribution >= 0.6 is 0 Å². The van der Waals surface area contributed by atoms with Gasteiger partial charge in [0.1, 0.15) is 11.7 Å². The smallest absolute Gasteiger partial charge is 0.111 e. The van der Waals surface area contributed by atoms with Gasteiger partial charge < -0.3 is 14.9 Å². The van der Waals surface area contributed by atoms with Gasteiger partial charge in [0.15, 0.2) is 0 Å². The van der Waals surface area contributed by atoms with Crippen molar-refractivity contribution < 1.29 is 14.9 Å². The van der Waals surface area contributed by atoms with Gasteiger partial charge >= 0.3 is 0 Å². The number of hydrogen-bond donors (Lipinski definition) is 2. The average molecular weight is 342 g/mol. The van der Waals surface area contributed by atoms with Gasteiger partial charge in [0.25, 0.3) is 0 Å². The molecule has 0 radical (unpaired) electrons. The van der Waals surface area contributed by atoms with Crippen molar-refractivity contribution in [1.82, 2.24) is 0 Å². The predicted octanol–water partition coefficient (Wildman–Crippen LogP) is 3.99. The van der Waals surface area contributed by atoms with Crippen LogP contribution in [0.4, 0.5) is 0 Å². The van der Waals surface area contributed by atoms with Crippen molar-refractivity contribution in [1.29, 1.82) is 0 Å². The Balaban J connectivity index is 1.67. The summed E-state index contributed by atoms with van der Waals surface area (Å²) in [6, 6.07) is 0. The molecule has 4 saturated carbocycles. The van der Waals surface area contributed by atoms with Crippen molar-refractivity contribution in [3.05, 3.63) is 24.0 Å². The van der Waals surface area contributed by atoms with Crippen molar-refractivity contribution in [2.75, 3.05) is 7.11 Å². The summed E-state index contributed by atoms with van der Waals surface area (Å²) >= 11 is 0. The average Bonchev–Trinajstić information content (AvgIpc) is 3.20. The highest BCUT2D eigenvalue weighted by molar-refractivity contribution is 5.43. The van der Waals surface area contributed by atoms with Gasteiger partial charge in [-0.2, -0.15) is 0 Å². The second kappa shape index (κ2) is 4.20. The summed E-state index contributed by atoms with van der Waals surface area (Å²) in [6.07, 6.45) is 14.9. The number of allylic oxidation sites excluding steroid dienone is 2. The topological polar surface area (TPSA) is 49.7 Å². The highest BCUT2D eigenvalue weighted by atomic mass is 16.5. The first-order chi connectivity index (χ1) is 12.0. The van der Waals surface area contributed by atoms with Gasteiger partial charge in [-0.25, -0.2) is 0 Å². The number of fused-ring (bicyclic) bond motifs is 1. The minimum atomic E-state index is -0.944. The van der Waals surface area contributed by atoms with Gasteiger partial charge in [-0.05, 0) is 73.2 Å². The molecule has 6 rings (SSSR count). The molecule has 0 heterocycles. The van der Waals surface area contributed by atoms with E-state index in [1.165, 1.54) is 32.1 Å². The number of aliphatic hydroxyl groups is 2. The molecule has 0 aromatic heterocycles. The summed E-state index contributed by atoms with van der Waals surface area (Å²) in [5, 5.41) is 23.1. The second-order valence-corrected chi connectivity index (χ2v) is 10.2. The van der Waals surface area contributed by atoms with Crippen LogP contribution in [-0.4, -0.2) is 29.0 Å². The largest absolute Gasteiger partial charge is 0.512 e. The molecule has 136 valence electrons. The fourth-order valence-corrected chi connectivity index (χ4v) is 9.85. The molecule has 0 saturated heterocycles. The minimum Gasteiger partial charge on any atom is -0.512 e. The third-order valence-electron chi connectivity index (χ3n) is 10.4. The molecule has 6 aliphatic rings. The Morgan fingerprint density at radius 1 is 1.24 bits per heavy atom. The Morgan fingerprint density at radius 2 is 2.08 bits per heavy atom. The van der Waals surface area contributed by atoms with Crippen LogP contribution in [0, 0.1) is 39.9 Å². The third kappa shape index (κ3) is 1.20. The minimum absolute atomic E-state index is 0.103. The van der Waals surface area contributed by atoms with E-state index in [9.17, 15) is 10.2 Å². The fourth-order valence-electron chi connectivity index (χ4n) is 9.85. The van der Waals surface area contributed by atoms with Gasteiger partial charge in [0.2, 0.25) is 0 Å². The molecular formula is C22H30O3. The summed E-state index contributed by atoms with van der Waals surface area (Å²) in [6.45, 7) is 2.51. The summed E-state index contributed by atoms with van der Waals surface area (Å²) in [7, 11) is 1.69. The van der Waals surface area contributed by atoms with Gasteiger partial charge in [-0.15, -0.1) is 0 Å². The molecule has 6 aliphatic carbocycles. The lowest BCUT2D eigenvalue weighted by Gasteiger charge is -2.58. The molecule has 9 unspecified atom stereocenters. The number of aliphatic hydroxyl groups excluding tert-OH is 1. The van der Waals surface area contributed by atoms with Crippen molar-refractivity contribution in [3.8, 4) is 0 Å². The van der Waals surface area contributed by atoms with E-state index in [1.54, 1.807) is 7.11 Å². The molecule has 0 aromatic carbocycles. The maximum absolute atomic E-state index is 12.2. The zero-order valence-electron chi connectivity index (χ0n) is 15.4. The van der Waals surface area contributed by atoms with E-state index in [-0.39, 0.29) is 22.9 Å². The maximum atomic E-state index is 12.2. The maximum Gasteiger partial charge on any atom is 0.111 e. The number of methoxy groups -OCH3 is 1. The molecule has 0 amide bonds. The van der Waals surface area contributed by atoms with E-state index < -0.39 is 5.60 Å². The van der Waals surface area contributed by atoms with Crippen LogP contribution < -0.4 is 0 Å². The summed E-state index contributed by atoms with van der Waals surface area (Å²) in [5.74, 6) is 2.01. The highest BCUT2D eigenvalue weighted by Crippen LogP contribution is 2.88. The van der Waals surface area contributed by atoms with Crippen LogP contribution in [0.15, 0.2) is 24.0 Å². The van der Waals surface area contributed by atoms with Crippen LogP contribution in [-0.2, 0) is 4.74 Å². The van der Waals surface area contributed by atoms with Crippen LogP contribution in [0.2, 0.25) is 0 Å². The molecule has 0 aliphatic heterocycles. The van der Waals surface area contributed by atoms with Gasteiger partial charge in [-0.1, -0.05) is 25.5 Å². The third-order valence-corrected chi connectivity index (χ3v) is 10.4. The monoisotopic (exact) mass is 342 g/mol. The van der Waals surface area contributed by atoms with E-state index in [2.05, 4.69) is 19.1 Å². The van der Waals surface area contributed by atoms with Crippen molar-refractivity contribution in [2.24, 2.45) is 39.9 Å². The highest BCUT2D eigenvalue weighted by Gasteiger charge is 2.87. The molecule has 1 spiro atoms. The summed E-state index contributed by atoms with van der Waals surface area (Å²) in [5.41, 5.74) is -0.684. The number of hydrogen-bond acceptors (Lipinski definition) is 3. The molecule has 4 bridgehead atoms. The van der Waals surface area contributed by atoms with Crippen molar-refractivity contribution in [2.45, 2.75) is 63.6 Å². The van der Waals surface area contributed by atoms with Crippen molar-refractivity contribution in [3.63, 3.8) is 0 Å². The van der Waals surface area contributed by atoms with Gasteiger partial charge in [-0.3, -0.25) is 0 Å². The number of rotatable bonds is 1. The Hall–Kier alpha value is -0.800. The summed E-state index contributed by atoms with van der Waals surface area (Å²) in [4.78, 5) is 0. The first kappa shape index (κ1) is 15.3. The van der Waals surface area contributed by atoms with E-state index in [4.69, 9.17) is 4.74 Å². The van der Waals surface area contributed by atoms with Crippen LogP contribution in [0.5, 0.6) is 0 Å². The second-order valence-electron chi connectivity index (χ2n) is 10.2. The molecule has 9 atom stereocenters. The van der Waals surface area contributed by atoms with E-state index >= 15 is 0 Å². The van der Waals surface area contributed by atoms with E-state index in [0.717, 1.165) is 12.8 Å². The standard InChI is InChI=1S/C22H30O3/c1-19-17-13-7-10-20(19)8-3-5-14(20)6-4-9-21(19,12-13)22(24)16(25-2)11-15(23)18(17)22/h4,6,11,13-14,16-18,23-24H,3,5,7-10,12H2,1-2H3. The molecule has 3 heteroatoms. The quantitative estimate of drug-likeness (QED) is 0.709. The number of ether oxygens (including phenoxy) is 1. The first-order valence-electron chi connectivity index (χ1n) is 10.3. The van der Waals surface area contributed by atoms with Gasteiger partial charge in [0.05, 0.1) is 11.7 Å². The van der Waals surface area contributed by atoms with Crippen molar-refractivity contribution >= 4 is 0 Å². The molecule has 3 nitrogen and oxygen atoms in total. The zero-order chi connectivity index (χ0) is 17.2. The molecule has 4 fully saturated rings. The first-order valence-corrected chi connectivity index (χ1v) is 10.3. The molecule has 0 aromatic rings. The molecule has 2 N–H and O–H groups in total.